The summed E-state index contributed by atoms with van der Waals surface area (Å²) < 4.78 is 16.7. The van der Waals surface area contributed by atoms with Crippen molar-refractivity contribution in [2.45, 2.75) is 53.6 Å². The third kappa shape index (κ3) is 7.09. The molecule has 2 aromatic carbocycles. The second kappa shape index (κ2) is 12.1. The monoisotopic (exact) mass is 519 g/mol. The Kier molecular flexibility index (Phi) is 8.61. The number of ether oxygens (including phenoxy) is 2. The number of urea groups is 1. The van der Waals surface area contributed by atoms with Gasteiger partial charge < -0.3 is 29.0 Å². The van der Waals surface area contributed by atoms with Crippen LogP contribution in [0.5, 0.6) is 11.5 Å². The maximum Gasteiger partial charge on any atom is 0.322 e. The van der Waals surface area contributed by atoms with E-state index in [0.29, 0.717) is 42.0 Å². The van der Waals surface area contributed by atoms with Gasteiger partial charge in [0.15, 0.2) is 11.5 Å². The van der Waals surface area contributed by atoms with Crippen molar-refractivity contribution in [3.05, 3.63) is 77.2 Å². The molecule has 0 atom stereocenters. The van der Waals surface area contributed by atoms with Gasteiger partial charge in [0.1, 0.15) is 18.1 Å². The minimum absolute atomic E-state index is 0.0572. The number of fused-ring (bicyclic) bond motifs is 1. The Hall–Kier alpha value is -3.94. The van der Waals surface area contributed by atoms with Crippen LogP contribution in [0.1, 0.15) is 56.3 Å². The smallest absolute Gasteiger partial charge is 0.322 e. The maximum absolute atomic E-state index is 13.7. The molecule has 0 saturated heterocycles. The zero-order valence-electron chi connectivity index (χ0n) is 22.8. The van der Waals surface area contributed by atoms with E-state index >= 15 is 0 Å². The number of aryl methyl sites for hydroxylation is 1. The molecule has 8 nitrogen and oxygen atoms in total. The Bertz CT molecular complexity index is 1250. The highest BCUT2D eigenvalue weighted by atomic mass is 16.7. The molecule has 3 amide bonds. The van der Waals surface area contributed by atoms with Gasteiger partial charge in [-0.15, -0.1) is 0 Å². The lowest BCUT2D eigenvalue weighted by Crippen LogP contribution is -2.45. The summed E-state index contributed by atoms with van der Waals surface area (Å²) in [6, 6.07) is 16.9. The standard InChI is InChI=1S/C30H37N3O5/c1-20(2)15-33(30(35)31-25-10-8-24(9-11-25)21(3)4)18-29(34)32(17-26-12-6-22(5)38-26)16-23-7-13-27-28(14-23)37-19-36-27/h6-14,20-21H,15-19H2,1-5H3,(H,31,35). The van der Waals surface area contributed by atoms with Crippen molar-refractivity contribution in [3.63, 3.8) is 0 Å². The molecule has 1 aromatic heterocycles. The molecule has 202 valence electrons. The van der Waals surface area contributed by atoms with Gasteiger partial charge in [-0.2, -0.15) is 0 Å². The molecule has 4 rings (SSSR count). The van der Waals surface area contributed by atoms with Crippen molar-refractivity contribution in [3.8, 4) is 11.5 Å². The first-order valence-corrected chi connectivity index (χ1v) is 13.1. The molecule has 0 saturated carbocycles. The first kappa shape index (κ1) is 27.1. The number of carbonyl (C=O) groups excluding carboxylic acids is 2. The van der Waals surface area contributed by atoms with E-state index in [0.717, 1.165) is 11.3 Å². The quantitative estimate of drug-likeness (QED) is 0.347. The lowest BCUT2D eigenvalue weighted by Gasteiger charge is -2.28. The fourth-order valence-electron chi connectivity index (χ4n) is 4.33. The Labute approximate surface area is 224 Å². The summed E-state index contributed by atoms with van der Waals surface area (Å²) in [6.07, 6.45) is 0. The molecule has 0 spiro atoms. The SMILES string of the molecule is Cc1ccc(CN(Cc2ccc3c(c2)OCO3)C(=O)CN(CC(C)C)C(=O)Nc2ccc(C(C)C)cc2)o1. The van der Waals surface area contributed by atoms with Crippen LogP contribution in [-0.4, -0.2) is 41.6 Å². The highest BCUT2D eigenvalue weighted by Gasteiger charge is 2.24. The average molecular weight is 520 g/mol. The molecular formula is C30H37N3O5. The highest BCUT2D eigenvalue weighted by molar-refractivity contribution is 5.92. The van der Waals surface area contributed by atoms with Crippen LogP contribution in [0.15, 0.2) is 59.0 Å². The summed E-state index contributed by atoms with van der Waals surface area (Å²) >= 11 is 0. The first-order valence-electron chi connectivity index (χ1n) is 13.1. The summed E-state index contributed by atoms with van der Waals surface area (Å²) in [4.78, 5) is 30.2. The molecule has 0 aliphatic carbocycles. The zero-order chi connectivity index (χ0) is 27.2. The van der Waals surface area contributed by atoms with E-state index in [-0.39, 0.29) is 37.7 Å². The molecule has 0 fully saturated rings. The predicted octanol–water partition coefficient (Wildman–Crippen LogP) is 6.16. The summed E-state index contributed by atoms with van der Waals surface area (Å²) in [5, 5.41) is 2.96. The van der Waals surface area contributed by atoms with Crippen molar-refractivity contribution in [1.29, 1.82) is 0 Å². The van der Waals surface area contributed by atoms with E-state index in [9.17, 15) is 9.59 Å². The van der Waals surface area contributed by atoms with Crippen LogP contribution in [0.2, 0.25) is 0 Å². The number of nitrogens with zero attached hydrogens (tertiary/aromatic N) is 2. The van der Waals surface area contributed by atoms with Gasteiger partial charge in [0.2, 0.25) is 12.7 Å². The van der Waals surface area contributed by atoms with Crippen molar-refractivity contribution in [1.82, 2.24) is 9.80 Å². The molecule has 8 heteroatoms. The summed E-state index contributed by atoms with van der Waals surface area (Å²) in [5.74, 6) is 3.22. The average Bonchev–Trinajstić information content (AvgIpc) is 3.51. The second-order valence-corrected chi connectivity index (χ2v) is 10.4. The number of hydrogen-bond acceptors (Lipinski definition) is 5. The van der Waals surface area contributed by atoms with Crippen molar-refractivity contribution in [2.75, 3.05) is 25.2 Å². The molecule has 0 radical (unpaired) electrons. The van der Waals surface area contributed by atoms with E-state index in [4.69, 9.17) is 13.9 Å². The summed E-state index contributed by atoms with van der Waals surface area (Å²) in [5.41, 5.74) is 2.80. The number of amides is 3. The van der Waals surface area contributed by atoms with Crippen molar-refractivity contribution >= 4 is 17.6 Å². The van der Waals surface area contributed by atoms with Crippen LogP contribution < -0.4 is 14.8 Å². The van der Waals surface area contributed by atoms with Crippen LogP contribution >= 0.6 is 0 Å². The lowest BCUT2D eigenvalue weighted by molar-refractivity contribution is -0.133. The minimum Gasteiger partial charge on any atom is -0.464 e. The molecule has 0 bridgehead atoms. The number of benzene rings is 2. The maximum atomic E-state index is 13.7. The van der Waals surface area contributed by atoms with E-state index in [1.54, 1.807) is 9.80 Å². The van der Waals surface area contributed by atoms with Crippen LogP contribution in [0, 0.1) is 12.8 Å². The predicted molar refractivity (Wildman–Crippen MR) is 146 cm³/mol. The fourth-order valence-corrected chi connectivity index (χ4v) is 4.33. The lowest BCUT2D eigenvalue weighted by atomic mass is 10.0. The Morgan fingerprint density at radius 3 is 2.29 bits per heavy atom. The third-order valence-electron chi connectivity index (χ3n) is 6.33. The van der Waals surface area contributed by atoms with E-state index in [1.807, 2.05) is 75.4 Å². The van der Waals surface area contributed by atoms with Crippen molar-refractivity contribution < 1.29 is 23.5 Å². The van der Waals surface area contributed by atoms with Gasteiger partial charge in [-0.25, -0.2) is 4.79 Å². The van der Waals surface area contributed by atoms with E-state index < -0.39 is 0 Å². The van der Waals surface area contributed by atoms with E-state index in [1.165, 1.54) is 5.56 Å². The zero-order valence-corrected chi connectivity index (χ0v) is 22.8. The van der Waals surface area contributed by atoms with Crippen LogP contribution in [0.3, 0.4) is 0 Å². The Morgan fingerprint density at radius 2 is 1.63 bits per heavy atom. The largest absolute Gasteiger partial charge is 0.464 e. The molecule has 1 aliphatic heterocycles. The Balaban J connectivity index is 1.50. The normalized spacial score (nSPS) is 12.2. The fraction of sp³-hybridized carbons (Fsp3) is 0.400. The van der Waals surface area contributed by atoms with Crippen molar-refractivity contribution in [2.24, 2.45) is 5.92 Å². The molecule has 1 aliphatic rings. The molecule has 3 aromatic rings. The van der Waals surface area contributed by atoms with Gasteiger partial charge in [-0.1, -0.05) is 45.9 Å². The molecule has 2 heterocycles. The molecule has 1 N–H and O–H groups in total. The first-order chi connectivity index (χ1) is 18.2. The van der Waals surface area contributed by atoms with Gasteiger partial charge in [0.05, 0.1) is 6.54 Å². The molecule has 0 unspecified atom stereocenters. The number of carbonyl (C=O) groups is 2. The third-order valence-corrected chi connectivity index (χ3v) is 6.33. The Morgan fingerprint density at radius 1 is 0.895 bits per heavy atom. The number of rotatable bonds is 10. The summed E-state index contributed by atoms with van der Waals surface area (Å²) in [6.45, 7) is 11.4. The topological polar surface area (TPSA) is 84.2 Å². The van der Waals surface area contributed by atoms with Gasteiger partial charge in [0.25, 0.3) is 0 Å². The number of furan rings is 1. The molecular weight excluding hydrogens is 482 g/mol. The van der Waals surface area contributed by atoms with Gasteiger partial charge >= 0.3 is 6.03 Å². The number of anilines is 1. The number of nitrogens with one attached hydrogen (secondary N) is 1. The van der Waals surface area contributed by atoms with Crippen LogP contribution in [0.4, 0.5) is 10.5 Å². The van der Waals surface area contributed by atoms with Crippen LogP contribution in [-0.2, 0) is 17.9 Å². The van der Waals surface area contributed by atoms with Gasteiger partial charge in [0, 0.05) is 18.8 Å². The van der Waals surface area contributed by atoms with Crippen LogP contribution in [0.25, 0.3) is 0 Å². The second-order valence-electron chi connectivity index (χ2n) is 10.4. The van der Waals surface area contributed by atoms with Gasteiger partial charge in [-0.05, 0) is 66.3 Å². The van der Waals surface area contributed by atoms with Gasteiger partial charge in [-0.3, -0.25) is 4.79 Å². The van der Waals surface area contributed by atoms with E-state index in [2.05, 4.69) is 19.2 Å². The highest BCUT2D eigenvalue weighted by Crippen LogP contribution is 2.33. The molecule has 38 heavy (non-hydrogen) atoms. The number of hydrogen-bond donors (Lipinski definition) is 1. The minimum atomic E-state index is -0.304. The summed E-state index contributed by atoms with van der Waals surface area (Å²) in [7, 11) is 0.